The van der Waals surface area contributed by atoms with E-state index in [1.165, 1.54) is 0 Å². The standard InChI is InChI=1S/C13H19ClN2O/c1-4-13(3,8-15)12(17)16-10-6-5-9(2)11(14)7-10/h5-7H,4,8,15H2,1-3H3,(H,16,17). The molecule has 1 atom stereocenters. The summed E-state index contributed by atoms with van der Waals surface area (Å²) >= 11 is 6.00. The van der Waals surface area contributed by atoms with Gasteiger partial charge < -0.3 is 11.1 Å². The first-order valence-corrected chi connectivity index (χ1v) is 6.08. The molecule has 0 aromatic heterocycles. The maximum Gasteiger partial charge on any atom is 0.231 e. The third-order valence-electron chi connectivity index (χ3n) is 3.21. The Balaban J connectivity index is 2.84. The smallest absolute Gasteiger partial charge is 0.231 e. The second-order valence-electron chi connectivity index (χ2n) is 4.54. The molecule has 0 aliphatic rings. The molecule has 3 N–H and O–H groups in total. The normalized spacial score (nSPS) is 14.2. The van der Waals surface area contributed by atoms with Crippen LogP contribution in [0.15, 0.2) is 18.2 Å². The van der Waals surface area contributed by atoms with Gasteiger partial charge in [0.15, 0.2) is 0 Å². The van der Waals surface area contributed by atoms with Gasteiger partial charge in [-0.3, -0.25) is 4.79 Å². The highest BCUT2D eigenvalue weighted by atomic mass is 35.5. The molecule has 1 rings (SSSR count). The van der Waals surface area contributed by atoms with Crippen molar-refractivity contribution in [1.82, 2.24) is 0 Å². The number of amides is 1. The highest BCUT2D eigenvalue weighted by Gasteiger charge is 2.29. The number of carbonyl (C=O) groups is 1. The minimum absolute atomic E-state index is 0.0672. The third-order valence-corrected chi connectivity index (χ3v) is 3.62. The van der Waals surface area contributed by atoms with Crippen LogP contribution in [-0.2, 0) is 4.79 Å². The molecule has 1 aromatic carbocycles. The minimum Gasteiger partial charge on any atom is -0.329 e. The van der Waals surface area contributed by atoms with Crippen molar-refractivity contribution in [2.24, 2.45) is 11.1 Å². The molecule has 4 heteroatoms. The number of rotatable bonds is 4. The molecular weight excluding hydrogens is 236 g/mol. The molecule has 0 spiro atoms. The van der Waals surface area contributed by atoms with Crippen LogP contribution in [0, 0.1) is 12.3 Å². The van der Waals surface area contributed by atoms with E-state index in [9.17, 15) is 4.79 Å². The lowest BCUT2D eigenvalue weighted by molar-refractivity contribution is -0.124. The van der Waals surface area contributed by atoms with Gasteiger partial charge in [-0.05, 0) is 38.0 Å². The zero-order valence-corrected chi connectivity index (χ0v) is 11.3. The summed E-state index contributed by atoms with van der Waals surface area (Å²) in [6.07, 6.45) is 0.703. The Morgan fingerprint density at radius 3 is 2.65 bits per heavy atom. The van der Waals surface area contributed by atoms with Gasteiger partial charge in [0.2, 0.25) is 5.91 Å². The Hall–Kier alpha value is -1.06. The number of aryl methyl sites for hydroxylation is 1. The van der Waals surface area contributed by atoms with Crippen molar-refractivity contribution in [3.63, 3.8) is 0 Å². The predicted octanol–water partition coefficient (Wildman–Crippen LogP) is 2.96. The summed E-state index contributed by atoms with van der Waals surface area (Å²) in [5.74, 6) is -0.0672. The molecule has 0 bridgehead atoms. The largest absolute Gasteiger partial charge is 0.329 e. The zero-order chi connectivity index (χ0) is 13.1. The van der Waals surface area contributed by atoms with Crippen LogP contribution in [-0.4, -0.2) is 12.5 Å². The van der Waals surface area contributed by atoms with Crippen LogP contribution in [0.3, 0.4) is 0 Å². The van der Waals surface area contributed by atoms with E-state index >= 15 is 0 Å². The van der Waals surface area contributed by atoms with Crippen molar-refractivity contribution in [2.45, 2.75) is 27.2 Å². The molecule has 0 heterocycles. The van der Waals surface area contributed by atoms with Crippen LogP contribution in [0.2, 0.25) is 5.02 Å². The van der Waals surface area contributed by atoms with Gasteiger partial charge in [0.1, 0.15) is 0 Å². The second-order valence-corrected chi connectivity index (χ2v) is 4.94. The average molecular weight is 255 g/mol. The average Bonchev–Trinajstić information content (AvgIpc) is 2.32. The number of carbonyl (C=O) groups excluding carboxylic acids is 1. The van der Waals surface area contributed by atoms with E-state index < -0.39 is 5.41 Å². The summed E-state index contributed by atoms with van der Waals surface area (Å²) in [7, 11) is 0. The first-order valence-electron chi connectivity index (χ1n) is 5.70. The first kappa shape index (κ1) is 14.0. The van der Waals surface area contributed by atoms with E-state index in [2.05, 4.69) is 5.32 Å². The van der Waals surface area contributed by atoms with Gasteiger partial charge in [-0.1, -0.05) is 24.6 Å². The summed E-state index contributed by atoms with van der Waals surface area (Å²) in [6, 6.07) is 5.47. The van der Waals surface area contributed by atoms with Crippen molar-refractivity contribution in [3.8, 4) is 0 Å². The van der Waals surface area contributed by atoms with E-state index in [4.69, 9.17) is 17.3 Å². The fourth-order valence-electron chi connectivity index (χ4n) is 1.35. The van der Waals surface area contributed by atoms with Crippen LogP contribution in [0.5, 0.6) is 0 Å². The monoisotopic (exact) mass is 254 g/mol. The number of nitrogens with two attached hydrogens (primary N) is 1. The topological polar surface area (TPSA) is 55.1 Å². The second kappa shape index (κ2) is 5.52. The van der Waals surface area contributed by atoms with Crippen LogP contribution in [0.25, 0.3) is 0 Å². The maximum absolute atomic E-state index is 12.1. The molecule has 94 valence electrons. The maximum atomic E-state index is 12.1. The molecule has 0 radical (unpaired) electrons. The fourth-order valence-corrected chi connectivity index (χ4v) is 1.53. The molecule has 0 saturated carbocycles. The van der Waals surface area contributed by atoms with Gasteiger partial charge in [0.25, 0.3) is 0 Å². The van der Waals surface area contributed by atoms with Crippen LogP contribution in [0.1, 0.15) is 25.8 Å². The molecule has 1 amide bonds. The predicted molar refractivity (Wildman–Crippen MR) is 72.3 cm³/mol. The van der Waals surface area contributed by atoms with Crippen molar-refractivity contribution in [2.75, 3.05) is 11.9 Å². The van der Waals surface area contributed by atoms with Crippen LogP contribution in [0.4, 0.5) is 5.69 Å². The van der Waals surface area contributed by atoms with Crippen molar-refractivity contribution in [1.29, 1.82) is 0 Å². The quantitative estimate of drug-likeness (QED) is 0.868. The van der Waals surface area contributed by atoms with Crippen LogP contribution < -0.4 is 11.1 Å². The molecule has 0 aliphatic carbocycles. The van der Waals surface area contributed by atoms with Crippen LogP contribution >= 0.6 is 11.6 Å². The van der Waals surface area contributed by atoms with Gasteiger partial charge in [-0.2, -0.15) is 0 Å². The fraction of sp³-hybridized carbons (Fsp3) is 0.462. The SMILES string of the molecule is CCC(C)(CN)C(=O)Nc1ccc(C)c(Cl)c1. The summed E-state index contributed by atoms with van der Waals surface area (Å²) in [5.41, 5.74) is 6.80. The number of hydrogen-bond acceptors (Lipinski definition) is 2. The van der Waals surface area contributed by atoms with Gasteiger partial charge in [-0.15, -0.1) is 0 Å². The van der Waals surface area contributed by atoms with Gasteiger partial charge in [0, 0.05) is 17.3 Å². The Labute approximate surface area is 107 Å². The number of halogens is 1. The number of benzene rings is 1. The Kier molecular flexibility index (Phi) is 4.54. The Morgan fingerprint density at radius 1 is 1.53 bits per heavy atom. The lowest BCUT2D eigenvalue weighted by Crippen LogP contribution is -2.39. The van der Waals surface area contributed by atoms with E-state index in [0.29, 0.717) is 23.7 Å². The van der Waals surface area contributed by atoms with E-state index in [1.54, 1.807) is 6.07 Å². The number of nitrogens with one attached hydrogen (secondary N) is 1. The van der Waals surface area contributed by atoms with E-state index in [1.807, 2.05) is 32.9 Å². The zero-order valence-electron chi connectivity index (χ0n) is 10.5. The van der Waals surface area contributed by atoms with Gasteiger partial charge >= 0.3 is 0 Å². The molecule has 3 nitrogen and oxygen atoms in total. The van der Waals surface area contributed by atoms with Gasteiger partial charge in [0.05, 0.1) is 5.41 Å². The summed E-state index contributed by atoms with van der Waals surface area (Å²) in [4.78, 5) is 12.1. The first-order chi connectivity index (χ1) is 7.92. The van der Waals surface area contributed by atoms with Crippen molar-refractivity contribution >= 4 is 23.2 Å². The number of anilines is 1. The lowest BCUT2D eigenvalue weighted by atomic mass is 9.86. The minimum atomic E-state index is -0.530. The highest BCUT2D eigenvalue weighted by Crippen LogP contribution is 2.24. The summed E-state index contributed by atoms with van der Waals surface area (Å²) < 4.78 is 0. The van der Waals surface area contributed by atoms with Crippen molar-refractivity contribution < 1.29 is 4.79 Å². The molecule has 1 aromatic rings. The molecule has 0 aliphatic heterocycles. The summed E-state index contributed by atoms with van der Waals surface area (Å²) in [6.45, 7) is 6.06. The number of hydrogen-bond donors (Lipinski definition) is 2. The van der Waals surface area contributed by atoms with E-state index in [-0.39, 0.29) is 5.91 Å². The molecule has 17 heavy (non-hydrogen) atoms. The Bertz CT molecular complexity index is 414. The Morgan fingerprint density at radius 2 is 2.18 bits per heavy atom. The highest BCUT2D eigenvalue weighted by molar-refractivity contribution is 6.31. The molecular formula is C13H19ClN2O. The van der Waals surface area contributed by atoms with Gasteiger partial charge in [-0.25, -0.2) is 0 Å². The van der Waals surface area contributed by atoms with E-state index in [0.717, 1.165) is 5.56 Å². The molecule has 0 saturated heterocycles. The third kappa shape index (κ3) is 3.20. The molecule has 0 fully saturated rings. The lowest BCUT2D eigenvalue weighted by Gasteiger charge is -2.25. The molecule has 1 unspecified atom stereocenters. The van der Waals surface area contributed by atoms with Crippen molar-refractivity contribution in [3.05, 3.63) is 28.8 Å². The summed E-state index contributed by atoms with van der Waals surface area (Å²) in [5, 5.41) is 3.50.